The lowest BCUT2D eigenvalue weighted by Crippen LogP contribution is -2.28. The maximum atomic E-state index is 12.5. The summed E-state index contributed by atoms with van der Waals surface area (Å²) in [5.74, 6) is 0.227. The molecule has 26 heavy (non-hydrogen) atoms. The van der Waals surface area contributed by atoms with Crippen molar-refractivity contribution in [1.29, 1.82) is 0 Å². The predicted molar refractivity (Wildman–Crippen MR) is 96.3 cm³/mol. The molecule has 3 rings (SSSR count). The Hall–Kier alpha value is -3.35. The average Bonchev–Trinajstić information content (AvgIpc) is 3.06. The summed E-state index contributed by atoms with van der Waals surface area (Å²) in [5, 5.41) is 6.47. The van der Waals surface area contributed by atoms with Gasteiger partial charge in [0.05, 0.1) is 6.54 Å². The number of ether oxygens (including phenoxy) is 1. The van der Waals surface area contributed by atoms with Gasteiger partial charge in [-0.15, -0.1) is 0 Å². The highest BCUT2D eigenvalue weighted by atomic mass is 16.5. The van der Waals surface area contributed by atoms with Gasteiger partial charge in [0.15, 0.2) is 5.82 Å². The number of carbonyl (C=O) groups excluding carboxylic acids is 1. The van der Waals surface area contributed by atoms with Crippen molar-refractivity contribution in [2.75, 3.05) is 13.2 Å². The van der Waals surface area contributed by atoms with E-state index >= 15 is 0 Å². The Morgan fingerprint density at radius 1 is 1.19 bits per heavy atom. The number of H-pyrrole nitrogens is 1. The normalized spacial score (nSPS) is 10.5. The van der Waals surface area contributed by atoms with Crippen molar-refractivity contribution >= 4 is 5.91 Å². The zero-order chi connectivity index (χ0) is 18.5. The summed E-state index contributed by atoms with van der Waals surface area (Å²) in [7, 11) is 0. The summed E-state index contributed by atoms with van der Waals surface area (Å²) in [6, 6.07) is 12.9. The first-order chi connectivity index (χ1) is 12.5. The van der Waals surface area contributed by atoms with Crippen molar-refractivity contribution in [1.82, 2.24) is 15.5 Å². The Morgan fingerprint density at radius 2 is 2.00 bits per heavy atom. The van der Waals surface area contributed by atoms with Crippen molar-refractivity contribution in [3.8, 4) is 17.1 Å². The van der Waals surface area contributed by atoms with Gasteiger partial charge < -0.3 is 10.1 Å². The molecule has 0 saturated heterocycles. The third kappa shape index (κ3) is 4.00. The van der Waals surface area contributed by atoms with Crippen LogP contribution in [0.15, 0.2) is 51.8 Å². The molecule has 0 aliphatic rings. The molecule has 1 amide bonds. The number of aromatic nitrogens is 2. The van der Waals surface area contributed by atoms with Gasteiger partial charge in [0.1, 0.15) is 12.4 Å². The molecule has 0 atom stereocenters. The van der Waals surface area contributed by atoms with E-state index in [1.165, 1.54) is 0 Å². The van der Waals surface area contributed by atoms with Crippen LogP contribution in [0.4, 0.5) is 0 Å². The van der Waals surface area contributed by atoms with Crippen LogP contribution < -0.4 is 15.8 Å². The number of carbonyl (C=O) groups is 1. The lowest BCUT2D eigenvalue weighted by molar-refractivity contribution is 0.0946. The number of amides is 1. The minimum atomic E-state index is -0.639. The first kappa shape index (κ1) is 17.5. The van der Waals surface area contributed by atoms with Crippen LogP contribution in [0, 0.1) is 13.8 Å². The maximum absolute atomic E-state index is 12.5. The Balaban J connectivity index is 1.62. The second-order valence-corrected chi connectivity index (χ2v) is 5.84. The highest BCUT2D eigenvalue weighted by molar-refractivity contribution is 5.96. The highest BCUT2D eigenvalue weighted by Gasteiger charge is 2.12. The molecule has 0 saturated carbocycles. The number of hydrogen-bond donors (Lipinski definition) is 2. The topological polar surface area (TPSA) is 97.2 Å². The Morgan fingerprint density at radius 3 is 2.73 bits per heavy atom. The van der Waals surface area contributed by atoms with Crippen LogP contribution in [0.2, 0.25) is 0 Å². The van der Waals surface area contributed by atoms with Gasteiger partial charge in [-0.3, -0.25) is 14.3 Å². The molecule has 7 nitrogen and oxygen atoms in total. The second-order valence-electron chi connectivity index (χ2n) is 5.84. The summed E-state index contributed by atoms with van der Waals surface area (Å²) in [6.45, 7) is 4.55. The molecule has 1 heterocycles. The van der Waals surface area contributed by atoms with Crippen LogP contribution in [0.25, 0.3) is 11.4 Å². The van der Waals surface area contributed by atoms with Crippen molar-refractivity contribution in [3.63, 3.8) is 0 Å². The van der Waals surface area contributed by atoms with Gasteiger partial charge in [-0.2, -0.15) is 0 Å². The largest absolute Gasteiger partial charge is 0.491 e. The number of nitrogens with zero attached hydrogens (tertiary/aromatic N) is 1. The molecule has 2 N–H and O–H groups in total. The molecular formula is C19H19N3O4. The number of para-hydroxylation sites is 1. The molecule has 0 aliphatic heterocycles. The minimum absolute atomic E-state index is 0.219. The molecule has 0 aliphatic carbocycles. The molecule has 0 unspecified atom stereocenters. The summed E-state index contributed by atoms with van der Waals surface area (Å²) < 4.78 is 10.2. The monoisotopic (exact) mass is 353 g/mol. The van der Waals surface area contributed by atoms with Gasteiger partial charge in [0, 0.05) is 11.1 Å². The van der Waals surface area contributed by atoms with E-state index in [0.29, 0.717) is 24.3 Å². The Bertz CT molecular complexity index is 975. The van der Waals surface area contributed by atoms with Crippen LogP contribution in [0.3, 0.4) is 0 Å². The molecular weight excluding hydrogens is 334 g/mol. The van der Waals surface area contributed by atoms with Crippen molar-refractivity contribution < 1.29 is 14.1 Å². The number of rotatable bonds is 6. The Kier molecular flexibility index (Phi) is 5.17. The fourth-order valence-corrected chi connectivity index (χ4v) is 2.51. The van der Waals surface area contributed by atoms with Gasteiger partial charge in [-0.25, -0.2) is 4.79 Å². The quantitative estimate of drug-likeness (QED) is 0.664. The number of benzene rings is 2. The lowest BCUT2D eigenvalue weighted by Gasteiger charge is -2.11. The van der Waals surface area contributed by atoms with Gasteiger partial charge in [-0.1, -0.05) is 35.5 Å². The van der Waals surface area contributed by atoms with E-state index in [0.717, 1.165) is 16.9 Å². The average molecular weight is 353 g/mol. The van der Waals surface area contributed by atoms with Crippen LogP contribution in [0.1, 0.15) is 21.5 Å². The highest BCUT2D eigenvalue weighted by Crippen LogP contribution is 2.19. The van der Waals surface area contributed by atoms with E-state index in [9.17, 15) is 9.59 Å². The standard InChI is InChI=1S/C19H19N3O4/c1-12-7-8-14(17-21-19(24)26-22-17)11-15(12)18(23)20-9-10-25-16-6-4-3-5-13(16)2/h3-8,11H,9-10H2,1-2H3,(H,20,23)(H,21,22,24). The molecule has 0 radical (unpaired) electrons. The summed E-state index contributed by atoms with van der Waals surface area (Å²) in [6.07, 6.45) is 0. The van der Waals surface area contributed by atoms with E-state index in [4.69, 9.17) is 4.74 Å². The summed E-state index contributed by atoms with van der Waals surface area (Å²) >= 11 is 0. The lowest BCUT2D eigenvalue weighted by atomic mass is 10.0. The van der Waals surface area contributed by atoms with E-state index in [1.54, 1.807) is 18.2 Å². The van der Waals surface area contributed by atoms with E-state index < -0.39 is 5.76 Å². The van der Waals surface area contributed by atoms with Gasteiger partial charge in [0.25, 0.3) is 5.91 Å². The molecule has 3 aromatic rings. The first-order valence-corrected chi connectivity index (χ1v) is 8.18. The number of aryl methyl sites for hydroxylation is 2. The summed E-state index contributed by atoms with van der Waals surface area (Å²) in [4.78, 5) is 26.0. The van der Waals surface area contributed by atoms with Crippen molar-refractivity contribution in [2.45, 2.75) is 13.8 Å². The fourth-order valence-electron chi connectivity index (χ4n) is 2.51. The van der Waals surface area contributed by atoms with E-state index in [2.05, 4.69) is 20.0 Å². The second kappa shape index (κ2) is 7.69. The SMILES string of the molecule is Cc1ccccc1OCCNC(=O)c1cc(-c2noc(=O)[nH]2)ccc1C. The molecule has 7 heteroatoms. The molecule has 0 bridgehead atoms. The number of nitrogens with one attached hydrogen (secondary N) is 2. The molecule has 0 fully saturated rings. The van der Waals surface area contributed by atoms with Crippen LogP contribution in [-0.2, 0) is 0 Å². The molecule has 134 valence electrons. The van der Waals surface area contributed by atoms with Gasteiger partial charge in [0.2, 0.25) is 0 Å². The first-order valence-electron chi connectivity index (χ1n) is 8.18. The van der Waals surface area contributed by atoms with E-state index in [-0.39, 0.29) is 11.7 Å². The molecule has 1 aromatic heterocycles. The maximum Gasteiger partial charge on any atom is 0.439 e. The fraction of sp³-hybridized carbons (Fsp3) is 0.211. The van der Waals surface area contributed by atoms with Crippen LogP contribution in [0.5, 0.6) is 5.75 Å². The van der Waals surface area contributed by atoms with Crippen molar-refractivity contribution in [3.05, 3.63) is 69.7 Å². The third-order valence-electron chi connectivity index (χ3n) is 3.93. The van der Waals surface area contributed by atoms with Gasteiger partial charge in [-0.05, 0) is 37.1 Å². The zero-order valence-corrected chi connectivity index (χ0v) is 14.5. The molecule has 2 aromatic carbocycles. The third-order valence-corrected chi connectivity index (χ3v) is 3.93. The van der Waals surface area contributed by atoms with Gasteiger partial charge >= 0.3 is 5.76 Å². The number of aromatic amines is 1. The summed E-state index contributed by atoms with van der Waals surface area (Å²) in [5.41, 5.74) is 2.96. The van der Waals surface area contributed by atoms with Crippen LogP contribution >= 0.6 is 0 Å². The molecule has 0 spiro atoms. The van der Waals surface area contributed by atoms with E-state index in [1.807, 2.05) is 38.1 Å². The smallest absolute Gasteiger partial charge is 0.439 e. The minimum Gasteiger partial charge on any atom is -0.491 e. The predicted octanol–water partition coefficient (Wildman–Crippen LogP) is 2.46. The van der Waals surface area contributed by atoms with Crippen molar-refractivity contribution in [2.24, 2.45) is 0 Å². The van der Waals surface area contributed by atoms with Crippen LogP contribution in [-0.4, -0.2) is 29.2 Å². The number of hydrogen-bond acceptors (Lipinski definition) is 5. The Labute approximate surface area is 150 Å². The zero-order valence-electron chi connectivity index (χ0n) is 14.5.